The van der Waals surface area contributed by atoms with Crippen LogP contribution in [0.15, 0.2) is 48.7 Å². The fourth-order valence-corrected chi connectivity index (χ4v) is 3.09. The fraction of sp³-hybridized carbons (Fsp3) is 0.250. The van der Waals surface area contributed by atoms with Gasteiger partial charge in [-0.1, -0.05) is 6.07 Å². The summed E-state index contributed by atoms with van der Waals surface area (Å²) in [5.41, 5.74) is -0.223. The second-order valence-electron chi connectivity index (χ2n) is 6.67. The van der Waals surface area contributed by atoms with Crippen LogP contribution in [-0.2, 0) is 6.18 Å². The van der Waals surface area contributed by atoms with Crippen molar-refractivity contribution in [1.29, 1.82) is 0 Å². The fourth-order valence-electron chi connectivity index (χ4n) is 3.09. The first-order valence-electron chi connectivity index (χ1n) is 8.85. The topological polar surface area (TPSA) is 55.3 Å². The van der Waals surface area contributed by atoms with Crippen LogP contribution in [0, 0.1) is 0 Å². The molecule has 29 heavy (non-hydrogen) atoms. The smallest absolute Gasteiger partial charge is 0.433 e. The van der Waals surface area contributed by atoms with Crippen molar-refractivity contribution in [3.8, 4) is 11.5 Å². The van der Waals surface area contributed by atoms with Crippen molar-refractivity contribution in [2.24, 2.45) is 0 Å². The molecule has 1 aliphatic heterocycles. The largest absolute Gasteiger partial charge is 0.456 e. The van der Waals surface area contributed by atoms with Crippen LogP contribution in [0.1, 0.15) is 22.6 Å². The minimum absolute atomic E-state index is 0.0759. The zero-order chi connectivity index (χ0) is 20.6. The van der Waals surface area contributed by atoms with Crippen LogP contribution in [0.3, 0.4) is 0 Å². The molecule has 4 rings (SSSR count). The van der Waals surface area contributed by atoms with Crippen molar-refractivity contribution < 1.29 is 27.1 Å². The van der Waals surface area contributed by atoms with Crippen molar-refractivity contribution in [3.63, 3.8) is 0 Å². The Kier molecular flexibility index (Phi) is 4.81. The second-order valence-corrected chi connectivity index (χ2v) is 6.67. The number of pyridine rings is 2. The molecule has 1 atom stereocenters. The van der Waals surface area contributed by atoms with E-state index in [0.29, 0.717) is 29.6 Å². The Morgan fingerprint density at radius 1 is 1.10 bits per heavy atom. The Morgan fingerprint density at radius 2 is 1.90 bits per heavy atom. The van der Waals surface area contributed by atoms with Crippen LogP contribution in [0.5, 0.6) is 11.5 Å². The second kappa shape index (κ2) is 7.31. The van der Waals surface area contributed by atoms with Crippen molar-refractivity contribution in [1.82, 2.24) is 14.9 Å². The normalized spacial score (nSPS) is 17.0. The molecule has 3 aromatic rings. The molecule has 1 aromatic carbocycles. The quantitative estimate of drug-likeness (QED) is 0.597. The monoisotopic (exact) mass is 405 g/mol. The summed E-state index contributed by atoms with van der Waals surface area (Å²) in [6, 6.07) is 10.2. The molecule has 1 saturated heterocycles. The Morgan fingerprint density at radius 3 is 2.55 bits per heavy atom. The number of nitrogens with zero attached hydrogens (tertiary/aromatic N) is 3. The molecule has 9 heteroatoms. The first-order chi connectivity index (χ1) is 13.8. The molecule has 0 saturated carbocycles. The molecule has 3 heterocycles. The van der Waals surface area contributed by atoms with Crippen LogP contribution in [-0.4, -0.2) is 40.0 Å². The molecule has 0 aliphatic carbocycles. The highest BCUT2D eigenvalue weighted by Crippen LogP contribution is 2.30. The number of hydrogen-bond donors (Lipinski definition) is 0. The van der Waals surface area contributed by atoms with Crippen molar-refractivity contribution in [3.05, 3.63) is 60.0 Å². The summed E-state index contributed by atoms with van der Waals surface area (Å²) in [7, 11) is 0. The number of rotatable bonds is 3. The lowest BCUT2D eigenvalue weighted by Crippen LogP contribution is -2.29. The number of aromatic nitrogens is 2. The van der Waals surface area contributed by atoms with Gasteiger partial charge in [0, 0.05) is 11.9 Å². The number of carbonyl (C=O) groups excluding carboxylic acids is 1. The van der Waals surface area contributed by atoms with Crippen LogP contribution >= 0.6 is 0 Å². The minimum Gasteiger partial charge on any atom is -0.456 e. The number of halogens is 4. The van der Waals surface area contributed by atoms with Crippen LogP contribution in [0.4, 0.5) is 17.6 Å². The van der Waals surface area contributed by atoms with E-state index in [0.717, 1.165) is 12.3 Å². The lowest BCUT2D eigenvalue weighted by Gasteiger charge is -2.15. The van der Waals surface area contributed by atoms with Gasteiger partial charge >= 0.3 is 6.18 Å². The summed E-state index contributed by atoms with van der Waals surface area (Å²) in [6.07, 6.45) is -4.18. The molecule has 1 aliphatic rings. The van der Waals surface area contributed by atoms with E-state index in [2.05, 4.69) is 9.97 Å². The molecule has 0 unspecified atom stereocenters. The van der Waals surface area contributed by atoms with Gasteiger partial charge in [0.2, 0.25) is 0 Å². The molecular formula is C20H15F4N3O2. The summed E-state index contributed by atoms with van der Waals surface area (Å²) in [4.78, 5) is 21.5. The number of alkyl halides is 4. The first kappa shape index (κ1) is 19.1. The maximum Gasteiger partial charge on any atom is 0.433 e. The first-order valence-corrected chi connectivity index (χ1v) is 8.85. The Labute approximate surface area is 162 Å². The predicted octanol–water partition coefficient (Wildman–Crippen LogP) is 4.62. The molecule has 0 radical (unpaired) electrons. The number of ether oxygens (including phenoxy) is 1. The zero-order valence-corrected chi connectivity index (χ0v) is 15.0. The van der Waals surface area contributed by atoms with Gasteiger partial charge in [-0.2, -0.15) is 13.2 Å². The Balaban J connectivity index is 1.52. The summed E-state index contributed by atoms with van der Waals surface area (Å²) in [5.74, 6) is 0.231. The number of fused-ring (bicyclic) bond motifs is 1. The van der Waals surface area contributed by atoms with E-state index in [1.165, 1.54) is 11.0 Å². The highest BCUT2D eigenvalue weighted by molar-refractivity contribution is 5.95. The molecule has 1 fully saturated rings. The summed E-state index contributed by atoms with van der Waals surface area (Å²) in [6.45, 7) is 0.445. The highest BCUT2D eigenvalue weighted by Gasteiger charge is 2.32. The standard InChI is InChI=1S/C20H15F4N3O2/c21-13-7-8-27(11-13)19(28)17-4-1-12-9-14(2-5-16(12)26-17)29-15-3-6-18(25-10-15)20(22,23)24/h1-6,9-10,13H,7-8,11H2/t13-/m1/s1. The van der Waals surface area contributed by atoms with Gasteiger partial charge in [-0.15, -0.1) is 0 Å². The van der Waals surface area contributed by atoms with Crippen LogP contribution < -0.4 is 4.74 Å². The maximum atomic E-state index is 13.3. The average molecular weight is 405 g/mol. The third-order valence-electron chi connectivity index (χ3n) is 4.56. The maximum absolute atomic E-state index is 13.3. The third kappa shape index (κ3) is 4.13. The van der Waals surface area contributed by atoms with Gasteiger partial charge < -0.3 is 9.64 Å². The predicted molar refractivity (Wildman–Crippen MR) is 96.5 cm³/mol. The van der Waals surface area contributed by atoms with E-state index < -0.39 is 18.0 Å². The lowest BCUT2D eigenvalue weighted by molar-refractivity contribution is -0.141. The van der Waals surface area contributed by atoms with Crippen LogP contribution in [0.2, 0.25) is 0 Å². The Bertz CT molecular complexity index is 1050. The van der Waals surface area contributed by atoms with Crippen molar-refractivity contribution in [2.75, 3.05) is 13.1 Å². The molecule has 0 N–H and O–H groups in total. The number of likely N-dealkylation sites (tertiary alicyclic amines) is 1. The summed E-state index contributed by atoms with van der Waals surface area (Å²) in [5, 5.41) is 0.684. The molecule has 150 valence electrons. The SMILES string of the molecule is O=C(c1ccc2cc(Oc3ccc(C(F)(F)F)nc3)ccc2n1)N1CC[C@@H](F)C1. The van der Waals surface area contributed by atoms with Crippen LogP contribution in [0.25, 0.3) is 10.9 Å². The van der Waals surface area contributed by atoms with Gasteiger partial charge in [-0.05, 0) is 42.8 Å². The van der Waals surface area contributed by atoms with E-state index in [-0.39, 0.29) is 23.9 Å². The summed E-state index contributed by atoms with van der Waals surface area (Å²) < 4.78 is 56.6. The van der Waals surface area contributed by atoms with Gasteiger partial charge in [-0.25, -0.2) is 14.4 Å². The zero-order valence-electron chi connectivity index (χ0n) is 15.0. The molecule has 0 spiro atoms. The number of benzene rings is 1. The molecule has 1 amide bonds. The van der Waals surface area contributed by atoms with Gasteiger partial charge in [0.15, 0.2) is 0 Å². The van der Waals surface area contributed by atoms with Gasteiger partial charge in [0.25, 0.3) is 5.91 Å². The van der Waals surface area contributed by atoms with E-state index in [9.17, 15) is 22.4 Å². The van der Waals surface area contributed by atoms with E-state index in [1.54, 1.807) is 30.3 Å². The molecule has 5 nitrogen and oxygen atoms in total. The van der Waals surface area contributed by atoms with E-state index >= 15 is 0 Å². The number of hydrogen-bond acceptors (Lipinski definition) is 4. The van der Waals surface area contributed by atoms with Crippen molar-refractivity contribution >= 4 is 16.8 Å². The highest BCUT2D eigenvalue weighted by atomic mass is 19.4. The lowest BCUT2D eigenvalue weighted by atomic mass is 10.2. The van der Waals surface area contributed by atoms with E-state index in [4.69, 9.17) is 4.74 Å². The van der Waals surface area contributed by atoms with Crippen molar-refractivity contribution in [2.45, 2.75) is 18.8 Å². The third-order valence-corrected chi connectivity index (χ3v) is 4.56. The average Bonchev–Trinajstić information content (AvgIpc) is 3.13. The van der Waals surface area contributed by atoms with Gasteiger partial charge in [-0.3, -0.25) is 4.79 Å². The molecular weight excluding hydrogens is 390 g/mol. The number of carbonyl (C=O) groups is 1. The summed E-state index contributed by atoms with van der Waals surface area (Å²) >= 11 is 0. The molecule has 0 bridgehead atoms. The molecule has 2 aromatic heterocycles. The minimum atomic E-state index is -4.51. The van der Waals surface area contributed by atoms with Gasteiger partial charge in [0.05, 0.1) is 18.3 Å². The van der Waals surface area contributed by atoms with E-state index in [1.807, 2.05) is 0 Å². The Hall–Kier alpha value is -3.23. The number of amides is 1. The van der Waals surface area contributed by atoms with Gasteiger partial charge in [0.1, 0.15) is 29.1 Å².